The third kappa shape index (κ3) is 2.21. The highest BCUT2D eigenvalue weighted by atomic mass is 16.5. The fourth-order valence-electron chi connectivity index (χ4n) is 1.63. The quantitative estimate of drug-likeness (QED) is 0.757. The molecule has 1 fully saturated rings. The number of carbonyl (C=O) groups excluding carboxylic acids is 1. The lowest BCUT2D eigenvalue weighted by Gasteiger charge is -2.22. The number of rotatable bonds is 4. The van der Waals surface area contributed by atoms with Crippen LogP contribution in [0.5, 0.6) is 0 Å². The van der Waals surface area contributed by atoms with Gasteiger partial charge in [0.2, 0.25) is 11.8 Å². The molecule has 0 radical (unpaired) electrons. The SMILES string of the molecule is Cc1noc(CNC(=O)C(C)(N)C2CC2)n1. The number of carbonyl (C=O) groups is 1. The highest BCUT2D eigenvalue weighted by Gasteiger charge is 2.43. The van der Waals surface area contributed by atoms with Gasteiger partial charge in [-0.3, -0.25) is 4.79 Å². The maximum atomic E-state index is 11.8. The van der Waals surface area contributed by atoms with Crippen LogP contribution in [-0.2, 0) is 11.3 Å². The lowest BCUT2D eigenvalue weighted by Crippen LogP contribution is -2.53. The summed E-state index contributed by atoms with van der Waals surface area (Å²) in [4.78, 5) is 15.8. The van der Waals surface area contributed by atoms with E-state index in [4.69, 9.17) is 10.3 Å². The van der Waals surface area contributed by atoms with E-state index in [1.165, 1.54) is 0 Å². The molecule has 2 rings (SSSR count). The van der Waals surface area contributed by atoms with E-state index in [0.717, 1.165) is 12.8 Å². The highest BCUT2D eigenvalue weighted by molar-refractivity contribution is 5.86. The number of nitrogens with one attached hydrogen (secondary N) is 1. The number of hydrogen-bond donors (Lipinski definition) is 2. The van der Waals surface area contributed by atoms with Crippen molar-refractivity contribution in [2.75, 3.05) is 0 Å². The zero-order valence-corrected chi connectivity index (χ0v) is 9.49. The molecule has 1 aromatic rings. The van der Waals surface area contributed by atoms with E-state index in [1.807, 2.05) is 0 Å². The van der Waals surface area contributed by atoms with Crippen LogP contribution in [0.3, 0.4) is 0 Å². The first kappa shape index (κ1) is 11.1. The molecule has 3 N–H and O–H groups in total. The second-order valence-electron chi connectivity index (χ2n) is 4.47. The standard InChI is InChI=1S/C10H16N4O2/c1-6-13-8(16-14-6)5-12-9(15)10(2,11)7-3-4-7/h7H,3-5,11H2,1-2H3,(H,12,15). The first-order chi connectivity index (χ1) is 7.50. The van der Waals surface area contributed by atoms with Gasteiger partial charge >= 0.3 is 0 Å². The van der Waals surface area contributed by atoms with Gasteiger partial charge in [0.15, 0.2) is 5.82 Å². The Morgan fingerprint density at radius 1 is 1.69 bits per heavy atom. The molecule has 1 amide bonds. The second-order valence-corrected chi connectivity index (χ2v) is 4.47. The zero-order chi connectivity index (χ0) is 11.8. The molecule has 16 heavy (non-hydrogen) atoms. The molecule has 1 heterocycles. The second kappa shape index (κ2) is 3.86. The third-order valence-electron chi connectivity index (χ3n) is 2.88. The molecule has 1 aliphatic rings. The van der Waals surface area contributed by atoms with E-state index < -0.39 is 5.54 Å². The molecule has 0 bridgehead atoms. The fraction of sp³-hybridized carbons (Fsp3) is 0.700. The Balaban J connectivity index is 1.88. The van der Waals surface area contributed by atoms with Crippen LogP contribution < -0.4 is 11.1 Å². The van der Waals surface area contributed by atoms with Crippen molar-refractivity contribution < 1.29 is 9.32 Å². The van der Waals surface area contributed by atoms with Gasteiger partial charge in [0.1, 0.15) is 0 Å². The molecular weight excluding hydrogens is 208 g/mol. The maximum absolute atomic E-state index is 11.8. The predicted molar refractivity (Wildman–Crippen MR) is 56.2 cm³/mol. The summed E-state index contributed by atoms with van der Waals surface area (Å²) in [7, 11) is 0. The van der Waals surface area contributed by atoms with Gasteiger partial charge in [-0.25, -0.2) is 0 Å². The third-order valence-corrected chi connectivity index (χ3v) is 2.88. The van der Waals surface area contributed by atoms with Crippen LogP contribution in [0.15, 0.2) is 4.52 Å². The van der Waals surface area contributed by atoms with Crippen LogP contribution >= 0.6 is 0 Å². The van der Waals surface area contributed by atoms with Gasteiger partial charge in [0.05, 0.1) is 12.1 Å². The molecule has 0 saturated heterocycles. The number of hydrogen-bond acceptors (Lipinski definition) is 5. The van der Waals surface area contributed by atoms with Gasteiger partial charge in [-0.05, 0) is 32.6 Å². The molecule has 1 aromatic heterocycles. The summed E-state index contributed by atoms with van der Waals surface area (Å²) >= 11 is 0. The molecule has 1 unspecified atom stereocenters. The van der Waals surface area contributed by atoms with Gasteiger partial charge in [0, 0.05) is 0 Å². The molecule has 1 aliphatic carbocycles. The summed E-state index contributed by atoms with van der Waals surface area (Å²) in [5.74, 6) is 1.10. The molecule has 0 spiro atoms. The van der Waals surface area contributed by atoms with E-state index in [1.54, 1.807) is 13.8 Å². The van der Waals surface area contributed by atoms with E-state index >= 15 is 0 Å². The van der Waals surface area contributed by atoms with Gasteiger partial charge in [-0.1, -0.05) is 5.16 Å². The largest absolute Gasteiger partial charge is 0.345 e. The zero-order valence-electron chi connectivity index (χ0n) is 9.49. The van der Waals surface area contributed by atoms with Crippen molar-refractivity contribution in [3.63, 3.8) is 0 Å². The van der Waals surface area contributed by atoms with Crippen molar-refractivity contribution in [2.24, 2.45) is 11.7 Å². The molecule has 0 aromatic carbocycles. The van der Waals surface area contributed by atoms with Crippen molar-refractivity contribution >= 4 is 5.91 Å². The first-order valence-electron chi connectivity index (χ1n) is 5.36. The Morgan fingerprint density at radius 2 is 2.38 bits per heavy atom. The van der Waals surface area contributed by atoms with Gasteiger partial charge in [0.25, 0.3) is 0 Å². The average Bonchev–Trinajstić information content (AvgIpc) is 3.00. The van der Waals surface area contributed by atoms with Crippen molar-refractivity contribution in [1.29, 1.82) is 0 Å². The summed E-state index contributed by atoms with van der Waals surface area (Å²) in [6, 6.07) is 0. The van der Waals surface area contributed by atoms with E-state index in [0.29, 0.717) is 17.6 Å². The maximum Gasteiger partial charge on any atom is 0.246 e. The minimum absolute atomic E-state index is 0.161. The molecular formula is C10H16N4O2. The summed E-state index contributed by atoms with van der Waals surface area (Å²) in [6.45, 7) is 3.73. The number of aromatic nitrogens is 2. The minimum atomic E-state index is -0.783. The van der Waals surface area contributed by atoms with Crippen LogP contribution in [0.1, 0.15) is 31.5 Å². The van der Waals surface area contributed by atoms with Crippen molar-refractivity contribution in [2.45, 2.75) is 38.8 Å². The molecule has 6 nitrogen and oxygen atoms in total. The normalized spacial score (nSPS) is 19.2. The smallest absolute Gasteiger partial charge is 0.246 e. The Morgan fingerprint density at radius 3 is 2.88 bits per heavy atom. The van der Waals surface area contributed by atoms with Gasteiger partial charge in [-0.15, -0.1) is 0 Å². The van der Waals surface area contributed by atoms with Gasteiger partial charge < -0.3 is 15.6 Å². The summed E-state index contributed by atoms with van der Waals surface area (Å²) in [6.07, 6.45) is 2.06. The van der Waals surface area contributed by atoms with E-state index in [2.05, 4.69) is 15.5 Å². The number of aryl methyl sites for hydroxylation is 1. The molecule has 1 saturated carbocycles. The number of nitrogens with zero attached hydrogens (tertiary/aromatic N) is 2. The Hall–Kier alpha value is -1.43. The molecule has 88 valence electrons. The van der Waals surface area contributed by atoms with Crippen LogP contribution in [0.4, 0.5) is 0 Å². The fourth-order valence-corrected chi connectivity index (χ4v) is 1.63. The summed E-state index contributed by atoms with van der Waals surface area (Å²) in [5, 5.41) is 6.35. The predicted octanol–water partition coefficient (Wildman–Crippen LogP) is 0.122. The Labute approximate surface area is 93.6 Å². The van der Waals surface area contributed by atoms with Crippen LogP contribution in [0.25, 0.3) is 0 Å². The van der Waals surface area contributed by atoms with Crippen LogP contribution in [0.2, 0.25) is 0 Å². The van der Waals surface area contributed by atoms with Gasteiger partial charge in [-0.2, -0.15) is 4.98 Å². The minimum Gasteiger partial charge on any atom is -0.345 e. The average molecular weight is 224 g/mol. The molecule has 0 aliphatic heterocycles. The summed E-state index contributed by atoms with van der Waals surface area (Å²) < 4.78 is 4.89. The van der Waals surface area contributed by atoms with E-state index in [9.17, 15) is 4.79 Å². The number of nitrogens with two attached hydrogens (primary N) is 1. The lowest BCUT2D eigenvalue weighted by molar-refractivity contribution is -0.126. The van der Waals surface area contributed by atoms with E-state index in [-0.39, 0.29) is 12.5 Å². The topological polar surface area (TPSA) is 94.0 Å². The first-order valence-corrected chi connectivity index (χ1v) is 5.36. The molecule has 6 heteroatoms. The lowest BCUT2D eigenvalue weighted by atomic mass is 9.96. The summed E-state index contributed by atoms with van der Waals surface area (Å²) in [5.41, 5.74) is 5.17. The number of amides is 1. The highest BCUT2D eigenvalue weighted by Crippen LogP contribution is 2.38. The monoisotopic (exact) mass is 224 g/mol. The van der Waals surface area contributed by atoms with Crippen molar-refractivity contribution in [3.05, 3.63) is 11.7 Å². The molecule has 1 atom stereocenters. The van der Waals surface area contributed by atoms with Crippen molar-refractivity contribution in [1.82, 2.24) is 15.5 Å². The Kier molecular flexibility index (Phi) is 2.67. The van der Waals surface area contributed by atoms with Crippen molar-refractivity contribution in [3.8, 4) is 0 Å². The Bertz CT molecular complexity index is 395. The van der Waals surface area contributed by atoms with Crippen LogP contribution in [-0.4, -0.2) is 21.6 Å². The van der Waals surface area contributed by atoms with Crippen LogP contribution in [0, 0.1) is 12.8 Å².